The summed E-state index contributed by atoms with van der Waals surface area (Å²) >= 11 is 6.66. The molecule has 1 atom stereocenters. The summed E-state index contributed by atoms with van der Waals surface area (Å²) in [6, 6.07) is 2.92. The number of halogens is 2. The molecule has 23 heavy (non-hydrogen) atoms. The molecule has 3 N–H and O–H groups in total. The van der Waals surface area contributed by atoms with Crippen LogP contribution in [0.3, 0.4) is 0 Å². The van der Waals surface area contributed by atoms with Crippen LogP contribution in [0.15, 0.2) is 16.3 Å². The van der Waals surface area contributed by atoms with Gasteiger partial charge in [-0.1, -0.05) is 25.4 Å². The van der Waals surface area contributed by atoms with Crippen molar-refractivity contribution in [2.45, 2.75) is 30.5 Å². The third-order valence-corrected chi connectivity index (χ3v) is 6.43. The van der Waals surface area contributed by atoms with E-state index in [4.69, 9.17) is 17.3 Å². The van der Waals surface area contributed by atoms with E-state index in [1.54, 1.807) is 7.05 Å². The van der Waals surface area contributed by atoms with Crippen LogP contribution in [0.4, 0.5) is 0 Å². The Hall–Kier alpha value is -0.380. The van der Waals surface area contributed by atoms with E-state index in [1.807, 2.05) is 13.8 Å². The second-order valence-corrected chi connectivity index (χ2v) is 9.10. The molecule has 0 fully saturated rings. The van der Waals surface area contributed by atoms with Gasteiger partial charge in [-0.05, 0) is 24.5 Å². The van der Waals surface area contributed by atoms with Gasteiger partial charge in [0.15, 0.2) is 0 Å². The Morgan fingerprint density at radius 1 is 1.43 bits per heavy atom. The van der Waals surface area contributed by atoms with Crippen LogP contribution in [0.5, 0.6) is 0 Å². The van der Waals surface area contributed by atoms with E-state index in [0.717, 1.165) is 11.3 Å². The normalized spacial score (nSPS) is 12.8. The molecule has 0 aromatic carbocycles. The van der Waals surface area contributed by atoms with E-state index in [9.17, 15) is 13.2 Å². The minimum absolute atomic E-state index is 0. The number of nitrogens with two attached hydrogens (primary N) is 1. The van der Waals surface area contributed by atoms with Crippen molar-refractivity contribution in [3.8, 4) is 0 Å². The van der Waals surface area contributed by atoms with E-state index in [-0.39, 0.29) is 35.1 Å². The highest BCUT2D eigenvalue weighted by Gasteiger charge is 2.19. The zero-order chi connectivity index (χ0) is 16.9. The lowest BCUT2D eigenvalue weighted by Crippen LogP contribution is -2.40. The van der Waals surface area contributed by atoms with Gasteiger partial charge in [-0.25, -0.2) is 13.1 Å². The maximum Gasteiger partial charge on any atom is 0.250 e. The summed E-state index contributed by atoms with van der Waals surface area (Å²) in [7, 11) is -2.07. The van der Waals surface area contributed by atoms with Crippen molar-refractivity contribution < 1.29 is 13.2 Å². The molecule has 1 unspecified atom stereocenters. The molecule has 6 nitrogen and oxygen atoms in total. The minimum Gasteiger partial charge on any atom is -0.345 e. The second kappa shape index (κ2) is 9.80. The lowest BCUT2D eigenvalue weighted by molar-refractivity contribution is -0.128. The lowest BCUT2D eigenvalue weighted by atomic mass is 10.0. The Labute approximate surface area is 152 Å². The van der Waals surface area contributed by atoms with Gasteiger partial charge in [0.25, 0.3) is 10.0 Å². The number of nitrogens with zero attached hydrogens (tertiary/aromatic N) is 1. The van der Waals surface area contributed by atoms with Crippen LogP contribution in [-0.2, 0) is 14.8 Å². The summed E-state index contributed by atoms with van der Waals surface area (Å²) in [6.45, 7) is 4.25. The maximum atomic E-state index is 12.0. The molecule has 0 aliphatic rings. The van der Waals surface area contributed by atoms with E-state index in [2.05, 4.69) is 4.72 Å². The van der Waals surface area contributed by atoms with Gasteiger partial charge < -0.3 is 10.6 Å². The van der Waals surface area contributed by atoms with Crippen LogP contribution in [0.2, 0.25) is 4.34 Å². The van der Waals surface area contributed by atoms with Crippen molar-refractivity contribution in [3.05, 3.63) is 16.5 Å². The van der Waals surface area contributed by atoms with Crippen molar-refractivity contribution in [2.75, 3.05) is 20.1 Å². The molecule has 1 heterocycles. The lowest BCUT2D eigenvalue weighted by Gasteiger charge is -2.21. The zero-order valence-electron chi connectivity index (χ0n) is 13.3. The average molecular weight is 404 g/mol. The topological polar surface area (TPSA) is 92.5 Å². The van der Waals surface area contributed by atoms with Crippen molar-refractivity contribution in [1.29, 1.82) is 0 Å². The fourth-order valence-electron chi connectivity index (χ4n) is 1.61. The van der Waals surface area contributed by atoms with Gasteiger partial charge in [0, 0.05) is 19.6 Å². The first kappa shape index (κ1) is 22.6. The summed E-state index contributed by atoms with van der Waals surface area (Å²) in [5.41, 5.74) is 5.93. The molecular formula is C13H23Cl2N3O3S2. The number of thiophene rings is 1. The molecule has 0 aliphatic heterocycles. The van der Waals surface area contributed by atoms with Gasteiger partial charge >= 0.3 is 0 Å². The fourth-order valence-corrected chi connectivity index (χ4v) is 4.11. The maximum absolute atomic E-state index is 12.0. The van der Waals surface area contributed by atoms with Crippen LogP contribution < -0.4 is 10.5 Å². The second-order valence-electron chi connectivity index (χ2n) is 5.39. The van der Waals surface area contributed by atoms with E-state index in [1.165, 1.54) is 17.0 Å². The van der Waals surface area contributed by atoms with Crippen LogP contribution in [-0.4, -0.2) is 45.4 Å². The Kier molecular flexibility index (Phi) is 9.64. The van der Waals surface area contributed by atoms with Gasteiger partial charge in [0.1, 0.15) is 4.21 Å². The first-order chi connectivity index (χ1) is 10.1. The monoisotopic (exact) mass is 403 g/mol. The van der Waals surface area contributed by atoms with Crippen molar-refractivity contribution >= 4 is 51.3 Å². The number of rotatable bonds is 8. The number of hydrogen-bond donors (Lipinski definition) is 2. The van der Waals surface area contributed by atoms with Crippen LogP contribution in [0.1, 0.15) is 20.3 Å². The van der Waals surface area contributed by atoms with E-state index in [0.29, 0.717) is 23.2 Å². The highest BCUT2D eigenvalue weighted by atomic mass is 35.5. The fraction of sp³-hybridized carbons (Fsp3) is 0.615. The summed E-state index contributed by atoms with van der Waals surface area (Å²) in [6.07, 6.45) is 0.674. The number of amides is 1. The highest BCUT2D eigenvalue weighted by molar-refractivity contribution is 7.91. The number of carbonyl (C=O) groups excluding carboxylic acids is 1. The number of carbonyl (C=O) groups is 1. The molecule has 0 radical (unpaired) electrons. The molecule has 0 saturated carbocycles. The van der Waals surface area contributed by atoms with Crippen molar-refractivity contribution in [1.82, 2.24) is 9.62 Å². The number of likely N-dealkylation sites (N-methyl/N-ethyl adjacent to an activating group) is 1. The predicted molar refractivity (Wildman–Crippen MR) is 96.8 cm³/mol. The molecule has 0 spiro atoms. The van der Waals surface area contributed by atoms with Crippen LogP contribution >= 0.6 is 35.3 Å². The molecule has 0 aliphatic carbocycles. The van der Waals surface area contributed by atoms with Crippen molar-refractivity contribution in [3.63, 3.8) is 0 Å². The molecule has 1 amide bonds. The Balaban J connectivity index is 0.00000484. The first-order valence-electron chi connectivity index (χ1n) is 6.88. The van der Waals surface area contributed by atoms with Crippen LogP contribution in [0.25, 0.3) is 0 Å². The molecule has 1 rings (SSSR count). The quantitative estimate of drug-likeness (QED) is 0.693. The molecule has 0 saturated heterocycles. The minimum atomic E-state index is -3.70. The summed E-state index contributed by atoms with van der Waals surface area (Å²) < 4.78 is 26.7. The Morgan fingerprint density at radius 2 is 2.04 bits per heavy atom. The van der Waals surface area contributed by atoms with Gasteiger partial charge in [0.2, 0.25) is 5.91 Å². The molecule has 10 heteroatoms. The highest BCUT2D eigenvalue weighted by Crippen LogP contribution is 2.25. The summed E-state index contributed by atoms with van der Waals surface area (Å²) in [4.78, 5) is 13.4. The molecule has 1 aromatic rings. The van der Waals surface area contributed by atoms with Gasteiger partial charge in [-0.15, -0.1) is 23.7 Å². The number of nitrogens with one attached hydrogen (secondary N) is 1. The predicted octanol–water partition coefficient (Wildman–Crippen LogP) is 1.93. The largest absolute Gasteiger partial charge is 0.345 e. The SMILES string of the molecule is CC(C)C(N)CCN(C)C(=O)CNS(=O)(=O)c1ccc(Cl)s1.Cl. The molecule has 134 valence electrons. The number of sulfonamides is 1. The third-order valence-electron chi connectivity index (χ3n) is 3.31. The Bertz CT molecular complexity index is 605. The smallest absolute Gasteiger partial charge is 0.250 e. The molecule has 1 aromatic heterocycles. The van der Waals surface area contributed by atoms with Gasteiger partial charge in [-0.2, -0.15) is 0 Å². The first-order valence-corrected chi connectivity index (χ1v) is 9.56. The zero-order valence-corrected chi connectivity index (χ0v) is 16.5. The van der Waals surface area contributed by atoms with Gasteiger partial charge in [-0.3, -0.25) is 4.79 Å². The standard InChI is InChI=1S/C13H22ClN3O3S2.ClH/c1-9(2)10(15)6-7-17(3)12(18)8-16-22(19,20)13-5-4-11(14)21-13;/h4-5,9-10,16H,6-8,15H2,1-3H3;1H. The molecule has 0 bridgehead atoms. The summed E-state index contributed by atoms with van der Waals surface area (Å²) in [5.74, 6) is 0.0350. The Morgan fingerprint density at radius 3 is 2.52 bits per heavy atom. The van der Waals surface area contributed by atoms with Crippen molar-refractivity contribution in [2.24, 2.45) is 11.7 Å². The van der Waals surface area contributed by atoms with E-state index >= 15 is 0 Å². The molecular weight excluding hydrogens is 381 g/mol. The van der Waals surface area contributed by atoms with E-state index < -0.39 is 10.0 Å². The third kappa shape index (κ3) is 7.36. The average Bonchev–Trinajstić information content (AvgIpc) is 2.89. The van der Waals surface area contributed by atoms with Gasteiger partial charge in [0.05, 0.1) is 10.9 Å². The van der Waals surface area contributed by atoms with Crippen LogP contribution in [0, 0.1) is 5.92 Å². The summed E-state index contributed by atoms with van der Waals surface area (Å²) in [5, 5.41) is 0. The number of hydrogen-bond acceptors (Lipinski definition) is 5.